The number of hydrogen-bond acceptors (Lipinski definition) is 5. The van der Waals surface area contributed by atoms with Gasteiger partial charge >= 0.3 is 0 Å². The lowest BCUT2D eigenvalue weighted by molar-refractivity contribution is 0.531. The van der Waals surface area contributed by atoms with Crippen LogP contribution in [-0.2, 0) is 10.0 Å². The van der Waals surface area contributed by atoms with E-state index in [0.29, 0.717) is 18.2 Å². The summed E-state index contributed by atoms with van der Waals surface area (Å²) in [5.41, 5.74) is 5.97. The second-order valence-corrected chi connectivity index (χ2v) is 7.71. The Hall–Kier alpha value is -0.660. The van der Waals surface area contributed by atoms with Gasteiger partial charge in [0.2, 0.25) is 0 Å². The molecule has 0 bridgehead atoms. The second kappa shape index (κ2) is 6.49. The monoisotopic (exact) mass is 291 g/mol. The Morgan fingerprint density at radius 2 is 2.06 bits per heavy atom. The number of nitrogens with one attached hydrogen (secondary N) is 1. The Morgan fingerprint density at radius 1 is 1.39 bits per heavy atom. The van der Waals surface area contributed by atoms with Crippen LogP contribution in [0.25, 0.3) is 0 Å². The van der Waals surface area contributed by atoms with Gasteiger partial charge < -0.3 is 5.73 Å². The number of rotatable bonds is 7. The average molecular weight is 291 g/mol. The van der Waals surface area contributed by atoms with Crippen LogP contribution >= 0.6 is 11.3 Å². The van der Waals surface area contributed by atoms with Crippen molar-refractivity contribution in [2.75, 3.05) is 12.3 Å². The van der Waals surface area contributed by atoms with Crippen molar-refractivity contribution in [1.29, 1.82) is 0 Å². The molecule has 0 aliphatic carbocycles. The molecule has 0 aromatic carbocycles. The molecule has 1 aromatic rings. The molecule has 0 radical (unpaired) electrons. The largest absolute Gasteiger partial charge is 0.375 e. The number of sulfonamides is 1. The van der Waals surface area contributed by atoms with E-state index in [1.165, 1.54) is 0 Å². The lowest BCUT2D eigenvalue weighted by Gasteiger charge is -2.06. The third-order valence-corrected chi connectivity index (χ3v) is 5.57. The van der Waals surface area contributed by atoms with Gasteiger partial charge in [-0.15, -0.1) is 0 Å². The normalized spacial score (nSPS) is 12.2. The van der Waals surface area contributed by atoms with Crippen molar-refractivity contribution in [2.24, 2.45) is 5.92 Å². The maximum atomic E-state index is 12.0. The molecule has 1 heterocycles. The number of hydrogen-bond donors (Lipinski definition) is 2. The molecule has 0 saturated heterocycles. The highest BCUT2D eigenvalue weighted by Gasteiger charge is 2.20. The Labute approximate surface area is 113 Å². The van der Waals surface area contributed by atoms with Crippen molar-refractivity contribution >= 4 is 26.5 Å². The zero-order chi connectivity index (χ0) is 13.8. The zero-order valence-corrected chi connectivity index (χ0v) is 12.7. The van der Waals surface area contributed by atoms with Crippen LogP contribution in [0.3, 0.4) is 0 Å². The first-order valence-electron chi connectivity index (χ1n) is 6.05. The first-order chi connectivity index (χ1) is 8.33. The Balaban J connectivity index is 2.48. The van der Waals surface area contributed by atoms with E-state index in [-0.39, 0.29) is 9.34 Å². The van der Waals surface area contributed by atoms with E-state index >= 15 is 0 Å². The second-order valence-electron chi connectivity index (χ2n) is 4.71. The average Bonchev–Trinajstić information content (AvgIpc) is 2.57. The summed E-state index contributed by atoms with van der Waals surface area (Å²) in [6, 6.07) is 0. The fourth-order valence-electron chi connectivity index (χ4n) is 1.60. The van der Waals surface area contributed by atoms with Crippen LogP contribution < -0.4 is 10.5 Å². The standard InChI is InChI=1S/C11H21N3O2S2/c1-8(2)6-4-5-7-13-18(15,16)10-9(3)14-11(12)17-10/h8,13H,4-7H2,1-3H3,(H2,12,14). The molecular weight excluding hydrogens is 270 g/mol. The molecular formula is C11H21N3O2S2. The van der Waals surface area contributed by atoms with E-state index in [0.717, 1.165) is 30.6 Å². The Bertz CT molecular complexity index is 480. The molecule has 0 aliphatic heterocycles. The molecule has 18 heavy (non-hydrogen) atoms. The number of nitrogen functional groups attached to an aromatic ring is 1. The Morgan fingerprint density at radius 3 is 2.56 bits per heavy atom. The highest BCUT2D eigenvalue weighted by molar-refractivity contribution is 7.91. The number of nitrogens with two attached hydrogens (primary N) is 1. The summed E-state index contributed by atoms with van der Waals surface area (Å²) in [5.74, 6) is 0.658. The van der Waals surface area contributed by atoms with Crippen LogP contribution in [0, 0.1) is 12.8 Å². The lowest BCUT2D eigenvalue weighted by atomic mass is 10.1. The van der Waals surface area contributed by atoms with Gasteiger partial charge in [-0.3, -0.25) is 0 Å². The van der Waals surface area contributed by atoms with Gasteiger partial charge in [0.25, 0.3) is 10.0 Å². The van der Waals surface area contributed by atoms with Crippen LogP contribution in [0.4, 0.5) is 5.13 Å². The van der Waals surface area contributed by atoms with Gasteiger partial charge in [0, 0.05) is 6.54 Å². The van der Waals surface area contributed by atoms with Gasteiger partial charge in [0.05, 0.1) is 5.69 Å². The maximum Gasteiger partial charge on any atom is 0.252 e. The van der Waals surface area contributed by atoms with Crippen molar-refractivity contribution in [3.05, 3.63) is 5.69 Å². The summed E-state index contributed by atoms with van der Waals surface area (Å²) in [4.78, 5) is 3.92. The topological polar surface area (TPSA) is 85.1 Å². The summed E-state index contributed by atoms with van der Waals surface area (Å²) < 4.78 is 26.8. The van der Waals surface area contributed by atoms with Crippen LogP contribution in [0.15, 0.2) is 4.21 Å². The van der Waals surface area contributed by atoms with Gasteiger partial charge in [-0.05, 0) is 19.3 Å². The van der Waals surface area contributed by atoms with E-state index < -0.39 is 10.0 Å². The number of unbranched alkanes of at least 4 members (excludes halogenated alkanes) is 1. The van der Waals surface area contributed by atoms with Crippen molar-refractivity contribution in [3.8, 4) is 0 Å². The highest BCUT2D eigenvalue weighted by atomic mass is 32.2. The molecule has 0 unspecified atom stereocenters. The van der Waals surface area contributed by atoms with E-state index in [4.69, 9.17) is 5.73 Å². The molecule has 0 atom stereocenters. The predicted octanol–water partition coefficient (Wildman–Crippen LogP) is 2.14. The summed E-state index contributed by atoms with van der Waals surface area (Å²) in [7, 11) is -3.44. The molecule has 104 valence electrons. The molecule has 0 aliphatic rings. The summed E-state index contributed by atoms with van der Waals surface area (Å²) in [6.45, 7) is 6.44. The van der Waals surface area contributed by atoms with Gasteiger partial charge in [-0.1, -0.05) is 38.0 Å². The van der Waals surface area contributed by atoms with Gasteiger partial charge in [-0.25, -0.2) is 18.1 Å². The molecule has 0 fully saturated rings. The van der Waals surface area contributed by atoms with Crippen molar-refractivity contribution in [3.63, 3.8) is 0 Å². The van der Waals surface area contributed by atoms with Crippen LogP contribution in [0.1, 0.15) is 38.8 Å². The fraction of sp³-hybridized carbons (Fsp3) is 0.727. The van der Waals surface area contributed by atoms with Gasteiger partial charge in [0.15, 0.2) is 9.34 Å². The summed E-state index contributed by atoms with van der Waals surface area (Å²) in [5, 5.41) is 0.285. The van der Waals surface area contributed by atoms with E-state index in [9.17, 15) is 8.42 Å². The molecule has 0 spiro atoms. The zero-order valence-electron chi connectivity index (χ0n) is 11.1. The number of nitrogens with zero attached hydrogens (tertiary/aromatic N) is 1. The lowest BCUT2D eigenvalue weighted by Crippen LogP contribution is -2.24. The van der Waals surface area contributed by atoms with Crippen LogP contribution in [-0.4, -0.2) is 19.9 Å². The third kappa shape index (κ3) is 4.55. The molecule has 0 amide bonds. The molecule has 1 rings (SSSR count). The van der Waals surface area contributed by atoms with E-state index in [2.05, 4.69) is 23.6 Å². The van der Waals surface area contributed by atoms with E-state index in [1.54, 1.807) is 6.92 Å². The molecule has 5 nitrogen and oxygen atoms in total. The van der Waals surface area contributed by atoms with Crippen LogP contribution in [0.5, 0.6) is 0 Å². The quantitative estimate of drug-likeness (QED) is 0.754. The predicted molar refractivity (Wildman–Crippen MR) is 75.1 cm³/mol. The third-order valence-electron chi connectivity index (χ3n) is 2.51. The molecule has 1 aromatic heterocycles. The highest BCUT2D eigenvalue weighted by Crippen LogP contribution is 2.24. The van der Waals surface area contributed by atoms with Crippen LogP contribution in [0.2, 0.25) is 0 Å². The van der Waals surface area contributed by atoms with Crippen molar-refractivity contribution in [2.45, 2.75) is 44.2 Å². The summed E-state index contributed by atoms with van der Waals surface area (Å²) in [6.07, 6.45) is 3.00. The number of thiazole rings is 1. The maximum absolute atomic E-state index is 12.0. The Kier molecular flexibility index (Phi) is 5.55. The minimum Gasteiger partial charge on any atom is -0.375 e. The van der Waals surface area contributed by atoms with Gasteiger partial charge in [-0.2, -0.15) is 0 Å². The minimum absolute atomic E-state index is 0.226. The van der Waals surface area contributed by atoms with E-state index in [1.807, 2.05) is 0 Å². The van der Waals surface area contributed by atoms with Crippen molar-refractivity contribution < 1.29 is 8.42 Å². The SMILES string of the molecule is Cc1nc(N)sc1S(=O)(=O)NCCCCC(C)C. The minimum atomic E-state index is -3.44. The first kappa shape index (κ1) is 15.4. The molecule has 0 saturated carbocycles. The molecule has 7 heteroatoms. The van der Waals surface area contributed by atoms with Crippen molar-refractivity contribution in [1.82, 2.24) is 9.71 Å². The number of aromatic nitrogens is 1. The number of anilines is 1. The summed E-state index contributed by atoms with van der Waals surface area (Å²) >= 11 is 1.01. The number of aryl methyl sites for hydroxylation is 1. The van der Waals surface area contributed by atoms with Gasteiger partial charge in [0.1, 0.15) is 0 Å². The molecule has 3 N–H and O–H groups in total. The smallest absolute Gasteiger partial charge is 0.252 e. The fourth-order valence-corrected chi connectivity index (χ4v) is 4.02. The first-order valence-corrected chi connectivity index (χ1v) is 8.35.